The van der Waals surface area contributed by atoms with Gasteiger partial charge in [0.05, 0.1) is 6.07 Å². The van der Waals surface area contributed by atoms with Gasteiger partial charge in [0.25, 0.3) is 0 Å². The van der Waals surface area contributed by atoms with Crippen molar-refractivity contribution in [3.63, 3.8) is 0 Å². The molecule has 1 saturated heterocycles. The largest absolute Gasteiger partial charge is 0.381 e. The van der Waals surface area contributed by atoms with Crippen LogP contribution in [0.15, 0.2) is 12.3 Å². The van der Waals surface area contributed by atoms with Gasteiger partial charge in [-0.1, -0.05) is 0 Å². The van der Waals surface area contributed by atoms with Crippen molar-refractivity contribution in [1.29, 1.82) is 5.26 Å². The molecule has 0 aromatic carbocycles. The van der Waals surface area contributed by atoms with Gasteiger partial charge in [0.1, 0.15) is 0 Å². The van der Waals surface area contributed by atoms with Crippen molar-refractivity contribution < 1.29 is 9.53 Å². The summed E-state index contributed by atoms with van der Waals surface area (Å²) in [5, 5.41) is 18.5. The molecule has 1 aliphatic rings. The first kappa shape index (κ1) is 16.3. The molecule has 7 nitrogen and oxygen atoms in total. The molecule has 0 radical (unpaired) electrons. The second-order valence-electron chi connectivity index (χ2n) is 5.56. The number of nitrogens with zero attached hydrogens (tertiary/aromatic N) is 3. The fourth-order valence-corrected chi connectivity index (χ4v) is 2.57. The molecule has 1 aliphatic heterocycles. The average Bonchev–Trinajstić information content (AvgIpc) is 2.95. The number of nitriles is 1. The van der Waals surface area contributed by atoms with E-state index in [4.69, 9.17) is 10.00 Å². The molecule has 0 spiro atoms. The minimum atomic E-state index is -0.235. The molecule has 0 saturated carbocycles. The number of nitrogens with one attached hydrogen (secondary N) is 2. The van der Waals surface area contributed by atoms with Crippen LogP contribution in [-0.2, 0) is 11.3 Å². The Hall–Kier alpha value is -2.07. The molecule has 120 valence electrons. The van der Waals surface area contributed by atoms with Crippen LogP contribution in [-0.4, -0.2) is 35.1 Å². The Labute approximate surface area is 130 Å². The van der Waals surface area contributed by atoms with E-state index in [1.807, 2.05) is 6.92 Å². The van der Waals surface area contributed by atoms with Crippen LogP contribution < -0.4 is 10.6 Å². The van der Waals surface area contributed by atoms with Gasteiger partial charge in [-0.15, -0.1) is 0 Å². The molecule has 2 amide bonds. The summed E-state index contributed by atoms with van der Waals surface area (Å²) in [7, 11) is 0. The maximum Gasteiger partial charge on any atom is 0.320 e. The third-order valence-electron chi connectivity index (χ3n) is 3.89. The number of anilines is 1. The van der Waals surface area contributed by atoms with E-state index in [0.29, 0.717) is 24.7 Å². The molecular weight excluding hydrogens is 282 g/mol. The lowest BCUT2D eigenvalue weighted by atomic mass is 9.93. The Morgan fingerprint density at radius 3 is 3.09 bits per heavy atom. The summed E-state index contributed by atoms with van der Waals surface area (Å²) in [6.07, 6.45) is 5.02. The van der Waals surface area contributed by atoms with Crippen LogP contribution in [0.5, 0.6) is 0 Å². The number of amides is 2. The van der Waals surface area contributed by atoms with Gasteiger partial charge in [-0.25, -0.2) is 4.79 Å². The van der Waals surface area contributed by atoms with E-state index in [-0.39, 0.29) is 12.1 Å². The lowest BCUT2D eigenvalue weighted by molar-refractivity contribution is 0.0573. The first-order valence-corrected chi connectivity index (χ1v) is 7.74. The fourth-order valence-electron chi connectivity index (χ4n) is 2.57. The number of hydrogen-bond acceptors (Lipinski definition) is 4. The average molecular weight is 305 g/mol. The number of aromatic nitrogens is 2. The summed E-state index contributed by atoms with van der Waals surface area (Å²) in [6.45, 7) is 4.24. The van der Waals surface area contributed by atoms with Gasteiger partial charge in [-0.05, 0) is 32.1 Å². The molecule has 1 aromatic rings. The highest BCUT2D eigenvalue weighted by molar-refractivity contribution is 5.88. The molecule has 1 atom stereocenters. The number of unbranched alkanes of at least 4 members (excludes halogenated alkanes) is 1. The monoisotopic (exact) mass is 305 g/mol. The summed E-state index contributed by atoms with van der Waals surface area (Å²) < 4.78 is 7.06. The zero-order chi connectivity index (χ0) is 15.8. The summed E-state index contributed by atoms with van der Waals surface area (Å²) in [5.74, 6) is 0.983. The van der Waals surface area contributed by atoms with Crippen molar-refractivity contribution in [3.8, 4) is 6.07 Å². The normalized spacial score (nSPS) is 16.7. The molecule has 0 aliphatic carbocycles. The number of hydrogen-bond donors (Lipinski definition) is 2. The predicted octanol–water partition coefficient (Wildman–Crippen LogP) is 2.12. The van der Waals surface area contributed by atoms with E-state index in [2.05, 4.69) is 21.8 Å². The summed E-state index contributed by atoms with van der Waals surface area (Å²) >= 11 is 0. The maximum absolute atomic E-state index is 12.0. The second-order valence-corrected chi connectivity index (χ2v) is 5.56. The molecule has 2 rings (SSSR count). The number of carbonyl (C=O) groups is 1. The van der Waals surface area contributed by atoms with Gasteiger partial charge in [0, 0.05) is 44.5 Å². The summed E-state index contributed by atoms with van der Waals surface area (Å²) in [6, 6.07) is 3.73. The van der Waals surface area contributed by atoms with Crippen LogP contribution in [0.1, 0.15) is 32.6 Å². The number of aryl methyl sites for hydroxylation is 1. The van der Waals surface area contributed by atoms with Gasteiger partial charge in [-0.2, -0.15) is 10.4 Å². The van der Waals surface area contributed by atoms with Crippen molar-refractivity contribution in [2.45, 2.75) is 45.2 Å². The second kappa shape index (κ2) is 8.39. The number of ether oxygens (including phenoxy) is 1. The standard InChI is InChI=1S/C15H23N5O2/c1-12(13-5-10-22-11-6-13)17-15(21)18-14-4-9-20(19-14)8-3-2-7-16/h4,9,12-13H,2-3,5-6,8,10-11H2,1H3,(H2,17,18,19,21). The SMILES string of the molecule is CC(NC(=O)Nc1ccn(CCCC#N)n1)C1CCOCC1. The van der Waals surface area contributed by atoms with Crippen molar-refractivity contribution >= 4 is 11.8 Å². The van der Waals surface area contributed by atoms with Crippen molar-refractivity contribution in [2.24, 2.45) is 5.92 Å². The maximum atomic E-state index is 12.0. The van der Waals surface area contributed by atoms with E-state index in [1.54, 1.807) is 16.9 Å². The first-order chi connectivity index (χ1) is 10.7. The minimum Gasteiger partial charge on any atom is -0.381 e. The Kier molecular flexibility index (Phi) is 6.22. The zero-order valence-electron chi connectivity index (χ0n) is 12.9. The highest BCUT2D eigenvalue weighted by Crippen LogP contribution is 2.18. The number of rotatable bonds is 6. The van der Waals surface area contributed by atoms with E-state index >= 15 is 0 Å². The third-order valence-corrected chi connectivity index (χ3v) is 3.89. The van der Waals surface area contributed by atoms with Crippen molar-refractivity contribution in [3.05, 3.63) is 12.3 Å². The van der Waals surface area contributed by atoms with Crippen LogP contribution in [0.25, 0.3) is 0 Å². The fraction of sp³-hybridized carbons (Fsp3) is 0.667. The Morgan fingerprint density at radius 2 is 2.36 bits per heavy atom. The van der Waals surface area contributed by atoms with Crippen molar-refractivity contribution in [1.82, 2.24) is 15.1 Å². The van der Waals surface area contributed by atoms with Crippen molar-refractivity contribution in [2.75, 3.05) is 18.5 Å². The number of carbonyl (C=O) groups excluding carboxylic acids is 1. The van der Waals surface area contributed by atoms with E-state index < -0.39 is 0 Å². The van der Waals surface area contributed by atoms with E-state index in [1.165, 1.54) is 0 Å². The lowest BCUT2D eigenvalue weighted by Crippen LogP contribution is -2.42. The van der Waals surface area contributed by atoms with Gasteiger partial charge >= 0.3 is 6.03 Å². The smallest absolute Gasteiger partial charge is 0.320 e. The van der Waals surface area contributed by atoms with Gasteiger partial charge in [0.15, 0.2) is 5.82 Å². The molecule has 1 fully saturated rings. The van der Waals surface area contributed by atoms with Crippen LogP contribution in [0.4, 0.5) is 10.6 Å². The molecule has 2 N–H and O–H groups in total. The van der Waals surface area contributed by atoms with E-state index in [9.17, 15) is 4.79 Å². The molecule has 7 heteroatoms. The molecule has 1 aromatic heterocycles. The lowest BCUT2D eigenvalue weighted by Gasteiger charge is -2.28. The predicted molar refractivity (Wildman–Crippen MR) is 82.2 cm³/mol. The quantitative estimate of drug-likeness (QED) is 0.787. The highest BCUT2D eigenvalue weighted by atomic mass is 16.5. The Morgan fingerprint density at radius 1 is 1.59 bits per heavy atom. The molecule has 1 unspecified atom stereocenters. The molecule has 22 heavy (non-hydrogen) atoms. The van der Waals surface area contributed by atoms with Crippen LogP contribution in [0, 0.1) is 17.2 Å². The van der Waals surface area contributed by atoms with Gasteiger partial charge < -0.3 is 10.1 Å². The van der Waals surface area contributed by atoms with Crippen LogP contribution >= 0.6 is 0 Å². The Balaban J connectivity index is 1.75. The van der Waals surface area contributed by atoms with Crippen LogP contribution in [0.3, 0.4) is 0 Å². The minimum absolute atomic E-state index is 0.113. The van der Waals surface area contributed by atoms with E-state index in [0.717, 1.165) is 32.5 Å². The zero-order valence-corrected chi connectivity index (χ0v) is 12.9. The molecule has 0 bridgehead atoms. The topological polar surface area (TPSA) is 92.0 Å². The Bertz CT molecular complexity index is 516. The van der Waals surface area contributed by atoms with Gasteiger partial charge in [0.2, 0.25) is 0 Å². The molecule has 2 heterocycles. The highest BCUT2D eigenvalue weighted by Gasteiger charge is 2.21. The first-order valence-electron chi connectivity index (χ1n) is 7.74. The number of urea groups is 1. The van der Waals surface area contributed by atoms with Gasteiger partial charge in [-0.3, -0.25) is 10.00 Å². The van der Waals surface area contributed by atoms with Crippen LogP contribution in [0.2, 0.25) is 0 Å². The summed E-state index contributed by atoms with van der Waals surface area (Å²) in [4.78, 5) is 12.0. The third kappa shape index (κ3) is 5.04. The summed E-state index contributed by atoms with van der Waals surface area (Å²) in [5.41, 5.74) is 0. The molecular formula is C15H23N5O2.